The van der Waals surface area contributed by atoms with Crippen LogP contribution in [-0.4, -0.2) is 33.0 Å². The molecule has 1 amide bonds. The number of piperidine rings is 1. The SMILES string of the molecule is CC=C1CC2CCC(C1)N2C(=O)CCc1nc(-c2ccccc2)no1. The van der Waals surface area contributed by atoms with Crippen LogP contribution in [0.25, 0.3) is 11.4 Å². The van der Waals surface area contributed by atoms with Crippen molar-refractivity contribution in [3.05, 3.63) is 47.9 Å². The number of amides is 1. The third-order valence-corrected chi connectivity index (χ3v) is 5.36. The second-order valence-corrected chi connectivity index (χ2v) is 6.92. The Hall–Kier alpha value is -2.43. The number of benzene rings is 1. The van der Waals surface area contributed by atoms with Gasteiger partial charge in [-0.15, -0.1) is 0 Å². The van der Waals surface area contributed by atoms with E-state index in [9.17, 15) is 4.79 Å². The lowest BCUT2D eigenvalue weighted by molar-refractivity contribution is -0.134. The maximum Gasteiger partial charge on any atom is 0.227 e. The zero-order valence-corrected chi connectivity index (χ0v) is 14.5. The third-order valence-electron chi connectivity index (χ3n) is 5.36. The first-order valence-corrected chi connectivity index (χ1v) is 9.08. The van der Waals surface area contributed by atoms with E-state index in [2.05, 4.69) is 28.0 Å². The van der Waals surface area contributed by atoms with Crippen LogP contribution in [0.2, 0.25) is 0 Å². The highest BCUT2D eigenvalue weighted by Gasteiger charge is 2.40. The van der Waals surface area contributed by atoms with Crippen molar-refractivity contribution < 1.29 is 9.32 Å². The highest BCUT2D eigenvalue weighted by molar-refractivity contribution is 5.77. The molecule has 5 nitrogen and oxygen atoms in total. The molecule has 2 bridgehead atoms. The van der Waals surface area contributed by atoms with E-state index < -0.39 is 0 Å². The number of allylic oxidation sites excluding steroid dienone is 1. The molecule has 2 fully saturated rings. The van der Waals surface area contributed by atoms with E-state index >= 15 is 0 Å². The van der Waals surface area contributed by atoms with Gasteiger partial charge in [0.25, 0.3) is 0 Å². The van der Waals surface area contributed by atoms with Crippen LogP contribution in [0, 0.1) is 0 Å². The Kier molecular flexibility index (Phi) is 4.38. The number of hydrogen-bond acceptors (Lipinski definition) is 4. The number of carbonyl (C=O) groups is 1. The van der Waals surface area contributed by atoms with Gasteiger partial charge in [0.2, 0.25) is 17.6 Å². The van der Waals surface area contributed by atoms with Crippen molar-refractivity contribution in [3.8, 4) is 11.4 Å². The van der Waals surface area contributed by atoms with Gasteiger partial charge in [0.15, 0.2) is 0 Å². The van der Waals surface area contributed by atoms with Crippen LogP contribution in [0.3, 0.4) is 0 Å². The molecule has 130 valence electrons. The van der Waals surface area contributed by atoms with E-state index in [0.717, 1.165) is 31.2 Å². The molecule has 4 rings (SSSR count). The van der Waals surface area contributed by atoms with Gasteiger partial charge < -0.3 is 9.42 Å². The van der Waals surface area contributed by atoms with E-state index in [1.807, 2.05) is 30.3 Å². The molecule has 2 unspecified atom stereocenters. The van der Waals surface area contributed by atoms with Crippen LogP contribution >= 0.6 is 0 Å². The summed E-state index contributed by atoms with van der Waals surface area (Å²) in [4.78, 5) is 19.3. The number of fused-ring (bicyclic) bond motifs is 2. The lowest BCUT2D eigenvalue weighted by atomic mass is 9.96. The first kappa shape index (κ1) is 16.1. The Morgan fingerprint density at radius 2 is 1.96 bits per heavy atom. The van der Waals surface area contributed by atoms with Gasteiger partial charge in [-0.1, -0.05) is 47.1 Å². The van der Waals surface area contributed by atoms with Crippen LogP contribution in [0.4, 0.5) is 0 Å². The lowest BCUT2D eigenvalue weighted by Crippen LogP contribution is -2.44. The molecule has 0 radical (unpaired) electrons. The van der Waals surface area contributed by atoms with Gasteiger partial charge in [0.1, 0.15) is 0 Å². The van der Waals surface area contributed by atoms with Crippen LogP contribution in [0.5, 0.6) is 0 Å². The summed E-state index contributed by atoms with van der Waals surface area (Å²) in [6.45, 7) is 2.10. The molecule has 2 aliphatic heterocycles. The average Bonchev–Trinajstić information content (AvgIpc) is 3.23. The highest BCUT2D eigenvalue weighted by atomic mass is 16.5. The summed E-state index contributed by atoms with van der Waals surface area (Å²) in [5, 5.41) is 4.02. The van der Waals surface area contributed by atoms with Crippen molar-refractivity contribution in [1.82, 2.24) is 15.0 Å². The minimum Gasteiger partial charge on any atom is -0.339 e. The average molecular weight is 337 g/mol. The summed E-state index contributed by atoms with van der Waals surface area (Å²) in [6, 6.07) is 10.5. The first-order valence-electron chi connectivity index (χ1n) is 9.08. The molecule has 1 aromatic heterocycles. The van der Waals surface area contributed by atoms with Gasteiger partial charge in [0, 0.05) is 30.5 Å². The molecular weight excluding hydrogens is 314 g/mol. The van der Waals surface area contributed by atoms with Crippen molar-refractivity contribution in [2.24, 2.45) is 0 Å². The normalized spacial score (nSPS) is 22.3. The molecule has 0 spiro atoms. The number of aryl methyl sites for hydroxylation is 1. The van der Waals surface area contributed by atoms with Crippen LogP contribution in [-0.2, 0) is 11.2 Å². The second kappa shape index (κ2) is 6.82. The maximum atomic E-state index is 12.7. The number of carbonyl (C=O) groups excluding carboxylic acids is 1. The topological polar surface area (TPSA) is 59.2 Å². The molecule has 0 N–H and O–H groups in total. The van der Waals surface area contributed by atoms with E-state index in [1.165, 1.54) is 5.57 Å². The van der Waals surface area contributed by atoms with Crippen molar-refractivity contribution in [3.63, 3.8) is 0 Å². The molecule has 0 saturated carbocycles. The van der Waals surface area contributed by atoms with Crippen molar-refractivity contribution in [1.29, 1.82) is 0 Å². The third kappa shape index (κ3) is 3.23. The first-order chi connectivity index (χ1) is 12.2. The quantitative estimate of drug-likeness (QED) is 0.797. The van der Waals surface area contributed by atoms with Crippen molar-refractivity contribution in [2.45, 2.75) is 57.5 Å². The Morgan fingerprint density at radius 3 is 2.64 bits per heavy atom. The van der Waals surface area contributed by atoms with Crippen LogP contribution < -0.4 is 0 Å². The summed E-state index contributed by atoms with van der Waals surface area (Å²) in [5.74, 6) is 1.34. The summed E-state index contributed by atoms with van der Waals surface area (Å²) >= 11 is 0. The Labute approximate surface area is 147 Å². The van der Waals surface area contributed by atoms with Gasteiger partial charge in [-0.25, -0.2) is 0 Å². The predicted octanol–water partition coefficient (Wildman–Crippen LogP) is 3.77. The van der Waals surface area contributed by atoms with E-state index in [0.29, 0.717) is 36.6 Å². The summed E-state index contributed by atoms with van der Waals surface area (Å²) in [5.41, 5.74) is 2.43. The summed E-state index contributed by atoms with van der Waals surface area (Å²) in [7, 11) is 0. The standard InChI is InChI=1S/C20H23N3O2/c1-2-14-12-16-8-9-17(13-14)23(16)19(24)11-10-18-21-20(22-25-18)15-6-4-3-5-7-15/h2-7,16-17H,8-13H2,1H3. The van der Waals surface area contributed by atoms with E-state index in [1.54, 1.807) is 0 Å². The van der Waals surface area contributed by atoms with Crippen LogP contribution in [0.15, 0.2) is 46.5 Å². The van der Waals surface area contributed by atoms with Gasteiger partial charge in [-0.2, -0.15) is 4.98 Å². The Bertz CT molecular complexity index is 765. The molecule has 3 heterocycles. The summed E-state index contributed by atoms with van der Waals surface area (Å²) < 4.78 is 5.32. The molecule has 25 heavy (non-hydrogen) atoms. The maximum absolute atomic E-state index is 12.7. The lowest BCUT2D eigenvalue weighted by Gasteiger charge is -2.36. The molecule has 1 aromatic carbocycles. The molecule has 0 aliphatic carbocycles. The minimum atomic E-state index is 0.224. The number of nitrogens with zero attached hydrogens (tertiary/aromatic N) is 3. The number of rotatable bonds is 4. The van der Waals surface area contributed by atoms with Gasteiger partial charge in [-0.3, -0.25) is 4.79 Å². The molecule has 2 saturated heterocycles. The minimum absolute atomic E-state index is 0.224. The van der Waals surface area contributed by atoms with E-state index in [4.69, 9.17) is 4.52 Å². The highest BCUT2D eigenvalue weighted by Crippen LogP contribution is 2.38. The van der Waals surface area contributed by atoms with Gasteiger partial charge in [-0.05, 0) is 32.6 Å². The Morgan fingerprint density at radius 1 is 1.24 bits per heavy atom. The smallest absolute Gasteiger partial charge is 0.227 e. The fourth-order valence-corrected chi connectivity index (χ4v) is 4.10. The zero-order chi connectivity index (χ0) is 17.2. The van der Waals surface area contributed by atoms with Crippen molar-refractivity contribution in [2.75, 3.05) is 0 Å². The van der Waals surface area contributed by atoms with Crippen molar-refractivity contribution >= 4 is 5.91 Å². The van der Waals surface area contributed by atoms with Crippen LogP contribution in [0.1, 0.15) is 44.9 Å². The number of hydrogen-bond donors (Lipinski definition) is 0. The molecule has 2 aromatic rings. The fourth-order valence-electron chi connectivity index (χ4n) is 4.10. The molecular formula is C20H23N3O2. The number of aromatic nitrogens is 2. The molecule has 5 heteroatoms. The van der Waals surface area contributed by atoms with E-state index in [-0.39, 0.29) is 5.91 Å². The monoisotopic (exact) mass is 337 g/mol. The molecule has 2 aliphatic rings. The van der Waals surface area contributed by atoms with Gasteiger partial charge in [0.05, 0.1) is 0 Å². The zero-order valence-electron chi connectivity index (χ0n) is 14.5. The summed E-state index contributed by atoms with van der Waals surface area (Å²) in [6.07, 6.45) is 7.50. The van der Waals surface area contributed by atoms with Gasteiger partial charge >= 0.3 is 0 Å². The predicted molar refractivity (Wildman–Crippen MR) is 94.7 cm³/mol. The fraction of sp³-hybridized carbons (Fsp3) is 0.450. The second-order valence-electron chi connectivity index (χ2n) is 6.92. The Balaban J connectivity index is 1.38. The largest absolute Gasteiger partial charge is 0.339 e. The molecule has 2 atom stereocenters.